The molecule has 4 nitrogen and oxygen atoms in total. The van der Waals surface area contributed by atoms with Gasteiger partial charge in [0.25, 0.3) is 0 Å². The Labute approximate surface area is 106 Å². The van der Waals surface area contributed by atoms with Gasteiger partial charge in [0, 0.05) is 23.9 Å². The molecular weight excluding hydrogens is 224 g/mol. The topological polar surface area (TPSA) is 67.3 Å². The van der Waals surface area contributed by atoms with Gasteiger partial charge in [-0.2, -0.15) is 0 Å². The Balaban J connectivity index is 2.32. The van der Waals surface area contributed by atoms with Gasteiger partial charge in [-0.05, 0) is 30.7 Å². The number of aryl methyl sites for hydroxylation is 1. The molecule has 5 N–H and O–H groups in total. The van der Waals surface area contributed by atoms with Crippen molar-refractivity contribution >= 4 is 22.7 Å². The number of rotatable bonds is 0. The van der Waals surface area contributed by atoms with Gasteiger partial charge in [-0.15, -0.1) is 0 Å². The first-order chi connectivity index (χ1) is 8.58. The minimum absolute atomic E-state index is 0.757. The van der Waals surface area contributed by atoms with Crippen LogP contribution in [0.4, 0.5) is 22.7 Å². The third kappa shape index (κ3) is 1.39. The normalized spacial score (nSPS) is 12.7. The van der Waals surface area contributed by atoms with E-state index in [1.54, 1.807) is 0 Å². The molecule has 92 valence electrons. The van der Waals surface area contributed by atoms with Crippen molar-refractivity contribution in [3.05, 3.63) is 35.9 Å². The minimum atomic E-state index is 0.757. The number of nitrogens with two attached hydrogens (primary N) is 2. The molecule has 18 heavy (non-hydrogen) atoms. The second kappa shape index (κ2) is 3.57. The van der Waals surface area contributed by atoms with Crippen molar-refractivity contribution in [3.8, 4) is 11.1 Å². The summed E-state index contributed by atoms with van der Waals surface area (Å²) in [6.07, 6.45) is 0. The van der Waals surface area contributed by atoms with Gasteiger partial charge in [0.15, 0.2) is 0 Å². The molecule has 0 saturated heterocycles. The molecule has 1 aliphatic heterocycles. The van der Waals surface area contributed by atoms with Gasteiger partial charge in [-0.3, -0.25) is 10.4 Å². The van der Waals surface area contributed by atoms with E-state index >= 15 is 0 Å². The predicted molar refractivity (Wildman–Crippen MR) is 77.5 cm³/mol. The van der Waals surface area contributed by atoms with Crippen LogP contribution < -0.4 is 21.9 Å². The van der Waals surface area contributed by atoms with E-state index in [0.29, 0.717) is 0 Å². The average Bonchev–Trinajstić information content (AvgIpc) is 2.32. The average molecular weight is 240 g/mol. The quantitative estimate of drug-likeness (QED) is 0.619. The van der Waals surface area contributed by atoms with Crippen LogP contribution in [0.1, 0.15) is 5.56 Å². The van der Waals surface area contributed by atoms with Crippen LogP contribution in [0, 0.1) is 6.92 Å². The summed E-state index contributed by atoms with van der Waals surface area (Å²) in [6.45, 7) is 2.01. The number of nitrogens with one attached hydrogen (secondary N) is 1. The molecular formula is C14H16N4. The van der Waals surface area contributed by atoms with Crippen LogP contribution >= 0.6 is 0 Å². The Hall–Kier alpha value is -2.36. The summed E-state index contributed by atoms with van der Waals surface area (Å²) >= 11 is 0. The summed E-state index contributed by atoms with van der Waals surface area (Å²) < 4.78 is 0. The van der Waals surface area contributed by atoms with Crippen LogP contribution in [0.5, 0.6) is 0 Å². The summed E-state index contributed by atoms with van der Waals surface area (Å²) in [5, 5.41) is 1.95. The fraction of sp³-hybridized carbons (Fsp3) is 0.143. The number of hydrazine groups is 1. The zero-order valence-electron chi connectivity index (χ0n) is 10.5. The lowest BCUT2D eigenvalue weighted by atomic mass is 9.96. The largest absolute Gasteiger partial charge is 0.398 e. The zero-order chi connectivity index (χ0) is 12.9. The Morgan fingerprint density at radius 1 is 1.06 bits per heavy atom. The maximum atomic E-state index is 6.04. The van der Waals surface area contributed by atoms with Crippen LogP contribution in [0.15, 0.2) is 30.3 Å². The number of benzene rings is 2. The Kier molecular flexibility index (Phi) is 2.13. The van der Waals surface area contributed by atoms with Gasteiger partial charge in [-0.25, -0.2) is 0 Å². The van der Waals surface area contributed by atoms with Crippen molar-refractivity contribution in [2.75, 3.05) is 28.9 Å². The number of para-hydroxylation sites is 1. The summed E-state index contributed by atoms with van der Waals surface area (Å²) in [6, 6.07) is 10.00. The summed E-state index contributed by atoms with van der Waals surface area (Å²) in [5.74, 6) is 0. The Morgan fingerprint density at radius 3 is 2.61 bits per heavy atom. The molecule has 0 atom stereocenters. The third-order valence-electron chi connectivity index (χ3n) is 3.39. The molecule has 2 aromatic carbocycles. The van der Waals surface area contributed by atoms with Crippen LogP contribution in [0.25, 0.3) is 11.1 Å². The highest BCUT2D eigenvalue weighted by atomic mass is 15.5. The molecule has 0 aromatic heterocycles. The van der Waals surface area contributed by atoms with E-state index in [9.17, 15) is 0 Å². The summed E-state index contributed by atoms with van der Waals surface area (Å²) in [5.41, 5.74) is 22.3. The first-order valence-corrected chi connectivity index (χ1v) is 5.87. The summed E-state index contributed by atoms with van der Waals surface area (Å²) in [7, 11) is 1.96. The number of anilines is 4. The molecule has 0 amide bonds. The van der Waals surface area contributed by atoms with Crippen molar-refractivity contribution in [1.82, 2.24) is 0 Å². The second-order valence-electron chi connectivity index (χ2n) is 4.67. The van der Waals surface area contributed by atoms with Gasteiger partial charge >= 0.3 is 0 Å². The number of hydrogen-bond acceptors (Lipinski definition) is 4. The SMILES string of the molecule is Cc1cc2c(cc1N)-c1cccc(N)c1N(C)N2. The molecule has 1 heterocycles. The molecule has 0 radical (unpaired) electrons. The van der Waals surface area contributed by atoms with E-state index in [1.807, 2.05) is 37.2 Å². The molecule has 3 rings (SSSR count). The first kappa shape index (κ1) is 10.8. The highest BCUT2D eigenvalue weighted by molar-refractivity contribution is 5.97. The second-order valence-corrected chi connectivity index (χ2v) is 4.67. The smallest absolute Gasteiger partial charge is 0.0876 e. The fourth-order valence-corrected chi connectivity index (χ4v) is 2.43. The first-order valence-electron chi connectivity index (χ1n) is 5.87. The van der Waals surface area contributed by atoms with Crippen molar-refractivity contribution in [1.29, 1.82) is 0 Å². The van der Waals surface area contributed by atoms with E-state index in [-0.39, 0.29) is 0 Å². The van der Waals surface area contributed by atoms with Crippen molar-refractivity contribution < 1.29 is 0 Å². The standard InChI is InChI=1S/C14H16N4/c1-8-6-13-10(7-12(8)16)9-4-3-5-11(15)14(9)18(2)17-13/h3-7,17H,15-16H2,1-2H3. The monoisotopic (exact) mass is 240 g/mol. The maximum Gasteiger partial charge on any atom is 0.0876 e. The predicted octanol–water partition coefficient (Wildman–Crippen LogP) is 2.60. The molecule has 4 heteroatoms. The van der Waals surface area contributed by atoms with Gasteiger partial charge in [0.05, 0.1) is 17.1 Å². The molecule has 1 aliphatic rings. The molecule has 0 saturated carbocycles. The fourth-order valence-electron chi connectivity index (χ4n) is 2.43. The van der Waals surface area contributed by atoms with Crippen LogP contribution in [0.2, 0.25) is 0 Å². The molecule has 0 spiro atoms. The van der Waals surface area contributed by atoms with Crippen LogP contribution in [-0.4, -0.2) is 7.05 Å². The van der Waals surface area contributed by atoms with Crippen molar-refractivity contribution in [2.45, 2.75) is 6.92 Å². The number of nitrogens with zero attached hydrogens (tertiary/aromatic N) is 1. The van der Waals surface area contributed by atoms with Crippen molar-refractivity contribution in [3.63, 3.8) is 0 Å². The van der Waals surface area contributed by atoms with E-state index in [2.05, 4.69) is 17.6 Å². The Morgan fingerprint density at radius 2 is 1.83 bits per heavy atom. The number of hydrogen-bond donors (Lipinski definition) is 3. The van der Waals surface area contributed by atoms with E-state index in [1.165, 1.54) is 0 Å². The van der Waals surface area contributed by atoms with E-state index in [4.69, 9.17) is 11.5 Å². The van der Waals surface area contributed by atoms with E-state index in [0.717, 1.165) is 39.4 Å². The number of fused-ring (bicyclic) bond motifs is 3. The molecule has 0 unspecified atom stereocenters. The summed E-state index contributed by atoms with van der Waals surface area (Å²) in [4.78, 5) is 0. The highest BCUT2D eigenvalue weighted by Crippen LogP contribution is 2.44. The Bertz CT molecular complexity index is 634. The van der Waals surface area contributed by atoms with Gasteiger partial charge in [0.2, 0.25) is 0 Å². The molecule has 0 fully saturated rings. The number of nitrogen functional groups attached to an aromatic ring is 2. The lowest BCUT2D eigenvalue weighted by Gasteiger charge is -2.32. The molecule has 0 aliphatic carbocycles. The van der Waals surface area contributed by atoms with Gasteiger partial charge < -0.3 is 11.5 Å². The van der Waals surface area contributed by atoms with Crippen LogP contribution in [0.3, 0.4) is 0 Å². The molecule has 0 bridgehead atoms. The maximum absolute atomic E-state index is 6.04. The van der Waals surface area contributed by atoms with Crippen LogP contribution in [-0.2, 0) is 0 Å². The van der Waals surface area contributed by atoms with E-state index < -0.39 is 0 Å². The van der Waals surface area contributed by atoms with Crippen molar-refractivity contribution in [2.24, 2.45) is 0 Å². The third-order valence-corrected chi connectivity index (χ3v) is 3.39. The lowest BCUT2D eigenvalue weighted by Crippen LogP contribution is -2.29. The zero-order valence-corrected chi connectivity index (χ0v) is 10.5. The molecule has 2 aromatic rings. The lowest BCUT2D eigenvalue weighted by molar-refractivity contribution is 1.08. The highest BCUT2D eigenvalue weighted by Gasteiger charge is 2.21. The van der Waals surface area contributed by atoms with Gasteiger partial charge in [-0.1, -0.05) is 12.1 Å². The minimum Gasteiger partial charge on any atom is -0.398 e. The van der Waals surface area contributed by atoms with Gasteiger partial charge in [0.1, 0.15) is 0 Å².